The molecule has 1 aromatic heterocycles. The Hall–Kier alpha value is -3.80. The topological polar surface area (TPSA) is 122 Å². The van der Waals surface area contributed by atoms with Gasteiger partial charge in [0.25, 0.3) is 17.7 Å². The van der Waals surface area contributed by atoms with Crippen molar-refractivity contribution in [2.24, 2.45) is 0 Å². The maximum Gasteiger partial charge on any atom is 0.276 e. The van der Waals surface area contributed by atoms with E-state index >= 15 is 0 Å². The first kappa shape index (κ1) is 26.3. The van der Waals surface area contributed by atoms with Gasteiger partial charge in [-0.05, 0) is 49.5 Å². The highest BCUT2D eigenvalue weighted by Gasteiger charge is 2.21. The van der Waals surface area contributed by atoms with E-state index in [1.165, 1.54) is 12.4 Å². The molecular weight excluding hydrogens is 501 g/mol. The van der Waals surface area contributed by atoms with Gasteiger partial charge in [0.05, 0.1) is 16.9 Å². The summed E-state index contributed by atoms with van der Waals surface area (Å²) in [7, 11) is 2.09. The Morgan fingerprint density at radius 1 is 0.973 bits per heavy atom. The number of benzene rings is 2. The number of H-pyrrole nitrogens is 1. The molecule has 10 nitrogen and oxygen atoms in total. The molecule has 0 bridgehead atoms. The van der Waals surface area contributed by atoms with Crippen LogP contribution in [0.2, 0.25) is 5.02 Å². The minimum Gasteiger partial charge on any atom is -0.349 e. The summed E-state index contributed by atoms with van der Waals surface area (Å²) in [5.74, 6) is -2.00. The predicted molar refractivity (Wildman–Crippen MR) is 139 cm³/mol. The second-order valence-corrected chi connectivity index (χ2v) is 9.04. The Balaban J connectivity index is 1.30. The van der Waals surface area contributed by atoms with Crippen LogP contribution in [-0.2, 0) is 0 Å². The van der Waals surface area contributed by atoms with Crippen molar-refractivity contribution in [2.45, 2.75) is 0 Å². The Morgan fingerprint density at radius 3 is 2.27 bits per heavy atom. The lowest BCUT2D eigenvalue weighted by atomic mass is 10.2. The SMILES string of the molecule is CN1CCN(CCNC(=O)c2[nH]cnc2C(=O)Nc2ccc(NC(=O)c3ccc(F)cc3Cl)cc2)CC1. The molecule has 1 fully saturated rings. The molecule has 0 spiro atoms. The van der Waals surface area contributed by atoms with Crippen molar-refractivity contribution in [1.82, 2.24) is 25.1 Å². The molecule has 4 N–H and O–H groups in total. The predicted octanol–water partition coefficient (Wildman–Crippen LogP) is 2.68. The number of hydrogen-bond donors (Lipinski definition) is 4. The number of imidazole rings is 1. The van der Waals surface area contributed by atoms with Crippen LogP contribution in [0, 0.1) is 5.82 Å². The van der Waals surface area contributed by atoms with E-state index in [0.29, 0.717) is 17.9 Å². The summed E-state index contributed by atoms with van der Waals surface area (Å²) in [4.78, 5) is 49.1. The van der Waals surface area contributed by atoms with E-state index in [2.05, 4.69) is 42.8 Å². The average Bonchev–Trinajstić information content (AvgIpc) is 3.37. The number of aromatic amines is 1. The molecule has 194 valence electrons. The van der Waals surface area contributed by atoms with Gasteiger partial charge in [0, 0.05) is 50.6 Å². The summed E-state index contributed by atoms with van der Waals surface area (Å²) in [5, 5.41) is 8.18. The van der Waals surface area contributed by atoms with Crippen molar-refractivity contribution >= 4 is 40.7 Å². The van der Waals surface area contributed by atoms with Crippen molar-refractivity contribution in [3.63, 3.8) is 0 Å². The monoisotopic (exact) mass is 527 g/mol. The van der Waals surface area contributed by atoms with Gasteiger partial charge in [-0.1, -0.05) is 11.6 Å². The van der Waals surface area contributed by atoms with Crippen molar-refractivity contribution < 1.29 is 18.8 Å². The number of halogens is 2. The highest BCUT2D eigenvalue weighted by molar-refractivity contribution is 6.34. The zero-order valence-electron chi connectivity index (χ0n) is 20.2. The van der Waals surface area contributed by atoms with Gasteiger partial charge in [-0.25, -0.2) is 9.37 Å². The fourth-order valence-corrected chi connectivity index (χ4v) is 4.08. The highest BCUT2D eigenvalue weighted by Crippen LogP contribution is 2.20. The lowest BCUT2D eigenvalue weighted by Crippen LogP contribution is -2.47. The zero-order valence-corrected chi connectivity index (χ0v) is 20.9. The molecule has 2 aromatic carbocycles. The smallest absolute Gasteiger partial charge is 0.276 e. The van der Waals surface area contributed by atoms with Crippen LogP contribution in [0.4, 0.5) is 15.8 Å². The highest BCUT2D eigenvalue weighted by atomic mass is 35.5. The first-order chi connectivity index (χ1) is 17.8. The Morgan fingerprint density at radius 2 is 1.62 bits per heavy atom. The summed E-state index contributed by atoms with van der Waals surface area (Å²) in [6.07, 6.45) is 1.30. The number of anilines is 2. The van der Waals surface area contributed by atoms with Crippen LogP contribution in [0.3, 0.4) is 0 Å². The Bertz CT molecular complexity index is 1270. The maximum atomic E-state index is 13.2. The largest absolute Gasteiger partial charge is 0.349 e. The van der Waals surface area contributed by atoms with Crippen LogP contribution >= 0.6 is 11.6 Å². The third kappa shape index (κ3) is 6.91. The number of aromatic nitrogens is 2. The molecule has 4 rings (SSSR count). The summed E-state index contributed by atoms with van der Waals surface area (Å²) >= 11 is 5.94. The molecule has 3 aromatic rings. The van der Waals surface area contributed by atoms with Crippen molar-refractivity contribution in [2.75, 3.05) is 56.9 Å². The van der Waals surface area contributed by atoms with Crippen LogP contribution in [0.5, 0.6) is 0 Å². The molecule has 0 radical (unpaired) electrons. The second kappa shape index (κ2) is 12.0. The maximum absolute atomic E-state index is 13.2. The minimum absolute atomic E-state index is 0.000411. The summed E-state index contributed by atoms with van der Waals surface area (Å²) in [5.41, 5.74) is 1.07. The molecule has 37 heavy (non-hydrogen) atoms. The van der Waals surface area contributed by atoms with Crippen LogP contribution in [0.15, 0.2) is 48.8 Å². The van der Waals surface area contributed by atoms with Gasteiger partial charge in [0.1, 0.15) is 11.5 Å². The number of carbonyl (C=O) groups is 3. The molecule has 1 saturated heterocycles. The van der Waals surface area contributed by atoms with Gasteiger partial charge >= 0.3 is 0 Å². The number of likely N-dealkylation sites (N-methyl/N-ethyl adjacent to an activating group) is 1. The number of nitrogens with one attached hydrogen (secondary N) is 4. The number of piperazine rings is 1. The Labute approximate surface area is 218 Å². The molecule has 3 amide bonds. The van der Waals surface area contributed by atoms with Crippen molar-refractivity contribution in [1.29, 1.82) is 0 Å². The lowest BCUT2D eigenvalue weighted by molar-refractivity contribution is 0.0924. The van der Waals surface area contributed by atoms with Crippen molar-refractivity contribution in [3.8, 4) is 0 Å². The zero-order chi connectivity index (χ0) is 26.4. The van der Waals surface area contributed by atoms with Gasteiger partial charge in [-0.2, -0.15) is 0 Å². The van der Waals surface area contributed by atoms with E-state index in [9.17, 15) is 18.8 Å². The number of carbonyl (C=O) groups excluding carboxylic acids is 3. The third-order valence-electron chi connectivity index (χ3n) is 5.97. The van der Waals surface area contributed by atoms with Crippen LogP contribution in [0.25, 0.3) is 0 Å². The number of amides is 3. The third-order valence-corrected chi connectivity index (χ3v) is 6.28. The molecular formula is C25H27ClFN7O3. The molecule has 0 saturated carbocycles. The molecule has 0 unspecified atom stereocenters. The van der Waals surface area contributed by atoms with Crippen LogP contribution < -0.4 is 16.0 Å². The van der Waals surface area contributed by atoms with E-state index in [-0.39, 0.29) is 22.0 Å². The molecule has 0 aliphatic carbocycles. The molecule has 0 atom stereocenters. The van der Waals surface area contributed by atoms with E-state index in [4.69, 9.17) is 11.6 Å². The van der Waals surface area contributed by atoms with Gasteiger partial charge < -0.3 is 25.8 Å². The molecule has 12 heteroatoms. The van der Waals surface area contributed by atoms with E-state index in [1.807, 2.05) is 0 Å². The number of rotatable bonds is 8. The standard InChI is InChI=1S/C25H27ClFN7O3/c1-33-10-12-34(13-11-33)9-8-28-24(36)21-22(30-15-29-21)25(37)32-18-5-3-17(4-6-18)31-23(35)19-7-2-16(27)14-20(19)26/h2-7,14-15H,8-13H2,1H3,(H,28,36)(H,29,30)(H,31,35)(H,32,37). The van der Waals surface area contributed by atoms with Crippen LogP contribution in [0.1, 0.15) is 31.3 Å². The van der Waals surface area contributed by atoms with E-state index < -0.39 is 23.5 Å². The van der Waals surface area contributed by atoms with Gasteiger partial charge in [0.2, 0.25) is 0 Å². The minimum atomic E-state index is -0.555. The quantitative estimate of drug-likeness (QED) is 0.357. The number of hydrogen-bond acceptors (Lipinski definition) is 6. The first-order valence-corrected chi connectivity index (χ1v) is 12.1. The van der Waals surface area contributed by atoms with E-state index in [1.54, 1.807) is 24.3 Å². The molecule has 2 heterocycles. The van der Waals surface area contributed by atoms with E-state index in [0.717, 1.165) is 44.9 Å². The fraction of sp³-hybridized carbons (Fsp3) is 0.280. The lowest BCUT2D eigenvalue weighted by Gasteiger charge is -2.32. The van der Waals surface area contributed by atoms with Crippen molar-refractivity contribution in [3.05, 3.63) is 76.6 Å². The average molecular weight is 528 g/mol. The second-order valence-electron chi connectivity index (χ2n) is 8.64. The molecule has 1 aliphatic rings. The molecule has 1 aliphatic heterocycles. The fourth-order valence-electron chi connectivity index (χ4n) is 3.83. The Kier molecular flexibility index (Phi) is 8.49. The summed E-state index contributed by atoms with van der Waals surface area (Å²) in [6.45, 7) is 5.08. The summed E-state index contributed by atoms with van der Waals surface area (Å²) < 4.78 is 13.2. The van der Waals surface area contributed by atoms with Gasteiger partial charge in [-0.3, -0.25) is 19.3 Å². The normalized spacial score (nSPS) is 14.2. The van der Waals surface area contributed by atoms with Crippen LogP contribution in [-0.4, -0.2) is 83.8 Å². The van der Waals surface area contributed by atoms with Gasteiger partial charge in [-0.15, -0.1) is 0 Å². The first-order valence-electron chi connectivity index (χ1n) is 11.7. The van der Waals surface area contributed by atoms with Gasteiger partial charge in [0.15, 0.2) is 5.69 Å². The summed E-state index contributed by atoms with van der Waals surface area (Å²) in [6, 6.07) is 9.85. The number of nitrogens with zero attached hydrogens (tertiary/aromatic N) is 3.